The number of aliphatic hydroxyl groups excluding tert-OH is 1. The molecule has 0 fully saturated rings. The highest BCUT2D eigenvalue weighted by Gasteiger charge is 2.32. The Morgan fingerprint density at radius 1 is 1.09 bits per heavy atom. The molecule has 0 aliphatic carbocycles. The summed E-state index contributed by atoms with van der Waals surface area (Å²) in [5.74, 6) is 0.751. The van der Waals surface area contributed by atoms with Crippen molar-refractivity contribution in [1.29, 1.82) is 0 Å². The fourth-order valence-electron chi connectivity index (χ4n) is 4.37. The van der Waals surface area contributed by atoms with Gasteiger partial charge in [-0.25, -0.2) is 9.59 Å². The number of carbonyl (C=O) groups excluding carboxylic acids is 2. The molecule has 13 heteroatoms. The topological polar surface area (TPSA) is 140 Å². The van der Waals surface area contributed by atoms with Crippen LogP contribution in [-0.2, 0) is 16.1 Å². The van der Waals surface area contributed by atoms with Crippen LogP contribution in [0.1, 0.15) is 36.6 Å². The van der Waals surface area contributed by atoms with Gasteiger partial charge in [-0.05, 0) is 65.2 Å². The number of nitrogens with one attached hydrogen (secondary N) is 3. The summed E-state index contributed by atoms with van der Waals surface area (Å²) in [5, 5.41) is 20.0. The zero-order chi connectivity index (χ0) is 31.6. The Balaban J connectivity index is 1.42. The highest BCUT2D eigenvalue weighted by Crippen LogP contribution is 2.35. The summed E-state index contributed by atoms with van der Waals surface area (Å²) < 4.78 is 24.1. The van der Waals surface area contributed by atoms with E-state index >= 15 is 0 Å². The minimum absolute atomic E-state index is 0.160. The highest BCUT2D eigenvalue weighted by molar-refractivity contribution is 9.11. The number of allylic oxidation sites excluding steroid dienone is 1. The number of amides is 2. The van der Waals surface area contributed by atoms with Crippen LogP contribution in [0, 0.1) is 0 Å². The molecule has 0 spiro atoms. The molecule has 1 heterocycles. The third-order valence-electron chi connectivity index (χ3n) is 6.36. The number of aliphatic hydroxyl groups is 1. The second-order valence-electron chi connectivity index (χ2n) is 9.50. The number of urea groups is 1. The number of benzene rings is 3. The van der Waals surface area contributed by atoms with Crippen molar-refractivity contribution in [3.63, 3.8) is 0 Å². The number of nitrogens with zero attached hydrogens (tertiary/aromatic N) is 1. The maximum absolute atomic E-state index is 12.5. The predicted octanol–water partition coefficient (Wildman–Crippen LogP) is 5.31. The van der Waals surface area contributed by atoms with Gasteiger partial charge in [0, 0.05) is 15.7 Å². The monoisotopic (exact) mass is 730 g/mol. The van der Waals surface area contributed by atoms with E-state index in [1.807, 2.05) is 49.4 Å². The third-order valence-corrected chi connectivity index (χ3v) is 7.41. The van der Waals surface area contributed by atoms with Crippen LogP contribution in [0.3, 0.4) is 0 Å². The minimum Gasteiger partial charge on any atom is -0.490 e. The quantitative estimate of drug-likeness (QED) is 0.0803. The van der Waals surface area contributed by atoms with E-state index in [-0.39, 0.29) is 12.2 Å². The third kappa shape index (κ3) is 8.52. The molecule has 0 saturated carbocycles. The standard InChI is InChI=1S/C31H32Br2N4O7/c1-4-42-25-13-20(28-27(30(39)41-3)18(2)35-31(40)36-28)10-11-24(25)43-17-26(38)37-34-15-21-12-22(32)14-23(33)29(21)44-16-19-8-6-5-7-9-19/h5-15,26,28,37-38H,4,16-17H2,1-3H3,(H2,35,36,40)/b34-15+/t26-,28-/m0/s1. The molecule has 0 radical (unpaired) electrons. The average Bonchev–Trinajstić information content (AvgIpc) is 3.00. The number of hydrogen-bond acceptors (Lipinski definition) is 9. The number of hydrogen-bond donors (Lipinski definition) is 4. The molecule has 2 amide bonds. The molecular formula is C31H32Br2N4O7. The van der Waals surface area contributed by atoms with Crippen molar-refractivity contribution in [2.45, 2.75) is 32.7 Å². The Labute approximate surface area is 271 Å². The van der Waals surface area contributed by atoms with Gasteiger partial charge in [-0.2, -0.15) is 5.10 Å². The molecule has 4 rings (SSSR count). The lowest BCUT2D eigenvalue weighted by Gasteiger charge is -2.28. The second-order valence-corrected chi connectivity index (χ2v) is 11.3. The van der Waals surface area contributed by atoms with Crippen molar-refractivity contribution in [2.24, 2.45) is 5.10 Å². The first kappa shape index (κ1) is 32.8. The Morgan fingerprint density at radius 3 is 2.59 bits per heavy atom. The van der Waals surface area contributed by atoms with Crippen LogP contribution in [0.4, 0.5) is 4.79 Å². The van der Waals surface area contributed by atoms with Crippen LogP contribution in [0.15, 0.2) is 86.0 Å². The Bertz CT molecular complexity index is 1550. The van der Waals surface area contributed by atoms with E-state index < -0.39 is 24.3 Å². The predicted molar refractivity (Wildman–Crippen MR) is 172 cm³/mol. The zero-order valence-corrected chi connectivity index (χ0v) is 27.4. The average molecular weight is 732 g/mol. The first-order valence-corrected chi connectivity index (χ1v) is 15.2. The lowest BCUT2D eigenvalue weighted by Crippen LogP contribution is -2.45. The van der Waals surface area contributed by atoms with Crippen LogP contribution >= 0.6 is 31.9 Å². The molecule has 1 aliphatic heterocycles. The maximum Gasteiger partial charge on any atom is 0.337 e. The smallest absolute Gasteiger partial charge is 0.337 e. The number of carbonyl (C=O) groups is 2. The van der Waals surface area contributed by atoms with Crippen LogP contribution < -0.4 is 30.3 Å². The Morgan fingerprint density at radius 2 is 1.86 bits per heavy atom. The fraction of sp³-hybridized carbons (Fsp3) is 0.258. The molecule has 11 nitrogen and oxygen atoms in total. The summed E-state index contributed by atoms with van der Waals surface area (Å²) >= 11 is 7.03. The number of methoxy groups -OCH3 is 1. The molecule has 2 atom stereocenters. The number of esters is 1. The minimum atomic E-state index is -1.16. The summed E-state index contributed by atoms with van der Waals surface area (Å²) in [6.45, 7) is 3.99. The van der Waals surface area contributed by atoms with Gasteiger partial charge in [0.1, 0.15) is 19.0 Å². The van der Waals surface area contributed by atoms with Crippen molar-refractivity contribution in [1.82, 2.24) is 16.1 Å². The molecule has 0 unspecified atom stereocenters. The lowest BCUT2D eigenvalue weighted by atomic mass is 9.95. The van der Waals surface area contributed by atoms with Gasteiger partial charge in [0.05, 0.1) is 36.0 Å². The zero-order valence-electron chi connectivity index (χ0n) is 24.2. The SMILES string of the molecule is CCOc1cc([C@@H]2NC(=O)NC(C)=C2C(=O)OC)ccc1OC[C@H](O)N/N=C/c1cc(Br)cc(Br)c1OCc1ccccc1. The van der Waals surface area contributed by atoms with Gasteiger partial charge in [-0.1, -0.05) is 52.3 Å². The van der Waals surface area contributed by atoms with Crippen LogP contribution in [0.2, 0.25) is 0 Å². The van der Waals surface area contributed by atoms with Crippen molar-refractivity contribution < 1.29 is 33.6 Å². The molecule has 3 aromatic carbocycles. The molecule has 0 saturated heterocycles. The van der Waals surface area contributed by atoms with Gasteiger partial charge in [0.25, 0.3) is 0 Å². The normalized spacial score (nSPS) is 15.3. The molecule has 3 aromatic rings. The van der Waals surface area contributed by atoms with E-state index in [1.165, 1.54) is 7.11 Å². The van der Waals surface area contributed by atoms with Crippen molar-refractivity contribution in [3.8, 4) is 17.2 Å². The molecule has 44 heavy (non-hydrogen) atoms. The number of halogens is 2. The van der Waals surface area contributed by atoms with Crippen LogP contribution in [0.25, 0.3) is 0 Å². The van der Waals surface area contributed by atoms with Crippen molar-refractivity contribution in [2.75, 3.05) is 20.3 Å². The largest absolute Gasteiger partial charge is 0.490 e. The Kier molecular flexibility index (Phi) is 11.6. The van der Waals surface area contributed by atoms with E-state index in [0.717, 1.165) is 14.5 Å². The first-order chi connectivity index (χ1) is 21.2. The van der Waals surface area contributed by atoms with E-state index in [4.69, 9.17) is 18.9 Å². The van der Waals surface area contributed by atoms with Crippen molar-refractivity contribution >= 4 is 50.1 Å². The maximum atomic E-state index is 12.5. The van der Waals surface area contributed by atoms with E-state index in [1.54, 1.807) is 31.3 Å². The number of rotatable bonds is 13. The molecular weight excluding hydrogens is 700 g/mol. The number of ether oxygens (including phenoxy) is 4. The van der Waals surface area contributed by atoms with E-state index in [9.17, 15) is 14.7 Å². The Hall–Kier alpha value is -4.07. The molecule has 1 aliphatic rings. The van der Waals surface area contributed by atoms with Gasteiger partial charge in [0.15, 0.2) is 17.7 Å². The highest BCUT2D eigenvalue weighted by atomic mass is 79.9. The van der Waals surface area contributed by atoms with Gasteiger partial charge < -0.3 is 34.7 Å². The van der Waals surface area contributed by atoms with E-state index in [2.05, 4.69) is 53.0 Å². The summed E-state index contributed by atoms with van der Waals surface area (Å²) in [6, 6.07) is 17.3. The number of hydrazone groups is 1. The summed E-state index contributed by atoms with van der Waals surface area (Å²) in [6.07, 6.45) is 0.381. The summed E-state index contributed by atoms with van der Waals surface area (Å²) in [5.41, 5.74) is 5.60. The van der Waals surface area contributed by atoms with Gasteiger partial charge in [-0.15, -0.1) is 0 Å². The molecule has 232 valence electrons. The molecule has 4 N–H and O–H groups in total. The molecule has 0 bridgehead atoms. The lowest BCUT2D eigenvalue weighted by molar-refractivity contribution is -0.136. The van der Waals surface area contributed by atoms with Gasteiger partial charge in [0.2, 0.25) is 0 Å². The molecule has 0 aromatic heterocycles. The van der Waals surface area contributed by atoms with Crippen LogP contribution in [-0.4, -0.2) is 49.9 Å². The van der Waals surface area contributed by atoms with E-state index in [0.29, 0.717) is 47.3 Å². The summed E-state index contributed by atoms with van der Waals surface area (Å²) in [7, 11) is 1.28. The first-order valence-electron chi connectivity index (χ1n) is 13.6. The van der Waals surface area contributed by atoms with Gasteiger partial charge >= 0.3 is 12.0 Å². The van der Waals surface area contributed by atoms with Gasteiger partial charge in [-0.3, -0.25) is 5.43 Å². The fourth-order valence-corrected chi connectivity index (χ4v) is 5.75. The van der Waals surface area contributed by atoms with Crippen LogP contribution in [0.5, 0.6) is 17.2 Å². The summed E-state index contributed by atoms with van der Waals surface area (Å²) in [4.78, 5) is 24.6. The second kappa shape index (κ2) is 15.6. The van der Waals surface area contributed by atoms with Crippen molar-refractivity contribution in [3.05, 3.63) is 97.6 Å².